The Bertz CT molecular complexity index is 1210. The molecule has 3 fully saturated rings. The van der Waals surface area contributed by atoms with Crippen molar-refractivity contribution in [2.75, 3.05) is 85.1 Å². The molecule has 0 spiro atoms. The van der Waals surface area contributed by atoms with Crippen molar-refractivity contribution in [1.82, 2.24) is 30.7 Å². The van der Waals surface area contributed by atoms with Crippen molar-refractivity contribution in [1.29, 1.82) is 0 Å². The van der Waals surface area contributed by atoms with E-state index in [0.717, 1.165) is 0 Å². The van der Waals surface area contributed by atoms with Crippen LogP contribution < -0.4 is 38.9 Å². The minimum atomic E-state index is -0.649. The largest absolute Gasteiger partial charge is 0.355 e. The molecule has 0 aromatic carbocycles. The average molecular weight is 725 g/mol. The lowest BCUT2D eigenvalue weighted by molar-refractivity contribution is -0.151. The normalized spacial score (nSPS) is 23.8. The highest BCUT2D eigenvalue weighted by atomic mass is 16.2. The van der Waals surface area contributed by atoms with Crippen LogP contribution in [0.2, 0.25) is 0 Å². The maximum absolute atomic E-state index is 12.8. The van der Waals surface area contributed by atoms with Gasteiger partial charge in [0.1, 0.15) is 0 Å². The fraction of sp³-hybridized carbons (Fsp3) is 0.829. The van der Waals surface area contributed by atoms with Crippen LogP contribution in [-0.4, -0.2) is 135 Å². The number of piperidine rings is 3. The summed E-state index contributed by atoms with van der Waals surface area (Å²) in [4.78, 5) is 79.8. The Kier molecular flexibility index (Phi) is 18.0. The summed E-state index contributed by atoms with van der Waals surface area (Å²) in [5, 5.41) is 8.51. The molecule has 3 heterocycles. The van der Waals surface area contributed by atoms with Crippen molar-refractivity contribution in [3.63, 3.8) is 0 Å². The zero-order valence-electron chi connectivity index (χ0n) is 31.1. The number of carbonyl (C=O) groups is 6. The summed E-state index contributed by atoms with van der Waals surface area (Å²) in [5.41, 5.74) is 20.2. The minimum absolute atomic E-state index is 0. The van der Waals surface area contributed by atoms with Gasteiger partial charge in [0.25, 0.3) is 0 Å². The van der Waals surface area contributed by atoms with Crippen LogP contribution in [0.4, 0.5) is 0 Å². The molecule has 3 saturated heterocycles. The predicted octanol–water partition coefficient (Wildman–Crippen LogP) is -1.58. The highest BCUT2D eigenvalue weighted by molar-refractivity contribution is 5.89. The lowest BCUT2D eigenvalue weighted by Crippen LogP contribution is -2.56. The topological polar surface area (TPSA) is 252 Å². The van der Waals surface area contributed by atoms with Crippen molar-refractivity contribution >= 4 is 35.4 Å². The molecule has 51 heavy (non-hydrogen) atoms. The van der Waals surface area contributed by atoms with Crippen LogP contribution in [0.25, 0.3) is 0 Å². The zero-order valence-corrected chi connectivity index (χ0v) is 31.1. The molecule has 0 radical (unpaired) electrons. The summed E-state index contributed by atoms with van der Waals surface area (Å²) in [6.45, 7) is 16.3. The molecule has 16 heteroatoms. The molecule has 0 bridgehead atoms. The lowest BCUT2D eigenvalue weighted by atomic mass is 9.77. The number of nitrogens with two attached hydrogens (primary N) is 4. The van der Waals surface area contributed by atoms with Crippen molar-refractivity contribution in [2.45, 2.75) is 68.2 Å². The molecule has 3 unspecified atom stereocenters. The second kappa shape index (κ2) is 20.0. The van der Waals surface area contributed by atoms with Gasteiger partial charge in [-0.2, -0.15) is 0 Å². The number of nitrogens with zero attached hydrogens (tertiary/aromatic N) is 3. The summed E-state index contributed by atoms with van der Waals surface area (Å²) < 4.78 is 0. The smallest absolute Gasteiger partial charge is 0.228 e. The summed E-state index contributed by atoms with van der Waals surface area (Å²) in [6.07, 6.45) is 1.52. The van der Waals surface area contributed by atoms with E-state index >= 15 is 0 Å². The first-order valence-electron chi connectivity index (χ1n) is 17.9. The Hall–Kier alpha value is -3.34. The van der Waals surface area contributed by atoms with E-state index in [4.69, 9.17) is 22.9 Å². The SMILES string of the molecule is C.CC1(C)CC(C(=O)NCCN)CN(CCN)C1=O.CC1(C)CC(C(=O)NCCN2CC(C(=O)NCCN)CC(C)(C)C2=O)CN(CCN)C1=O. The standard InChI is InChI=1S/C22H40N6O4.C12H24N4O2.CH4/c1-21(2)11-15(13-27(9-6-24)19(21)31)18(30)26-8-10-28-14-16(17(29)25-7-5-23)12-22(3,4)20(28)32;1-12(2)7-9(10(17)15-5-3-13)8-16(6-4-14)11(12)18;/h15-16H,5-14,23-24H2,1-4H3,(H,25,29)(H,26,30);9H,3-8,13-14H2,1-2H3,(H,15,17);1H4. The summed E-state index contributed by atoms with van der Waals surface area (Å²) in [6, 6.07) is 0. The first-order chi connectivity index (χ1) is 23.3. The molecule has 3 aliphatic heterocycles. The third-order valence-corrected chi connectivity index (χ3v) is 9.67. The molecule has 294 valence electrons. The highest BCUT2D eigenvalue weighted by Gasteiger charge is 2.45. The molecule has 0 aromatic rings. The number of nitrogens with one attached hydrogen (secondary N) is 3. The van der Waals surface area contributed by atoms with Gasteiger partial charge in [0.2, 0.25) is 35.4 Å². The fourth-order valence-electron chi connectivity index (χ4n) is 7.19. The Morgan fingerprint density at radius 1 is 0.529 bits per heavy atom. The van der Waals surface area contributed by atoms with Gasteiger partial charge < -0.3 is 53.6 Å². The monoisotopic (exact) mass is 725 g/mol. The molecule has 3 rings (SSSR count). The van der Waals surface area contributed by atoms with Crippen molar-refractivity contribution < 1.29 is 28.8 Å². The molecule has 11 N–H and O–H groups in total. The highest BCUT2D eigenvalue weighted by Crippen LogP contribution is 2.35. The van der Waals surface area contributed by atoms with E-state index in [1.807, 2.05) is 41.5 Å². The Labute approximate surface area is 304 Å². The fourth-order valence-corrected chi connectivity index (χ4v) is 7.19. The second-order valence-corrected chi connectivity index (χ2v) is 15.6. The molecule has 3 aliphatic rings. The van der Waals surface area contributed by atoms with Gasteiger partial charge in [-0.3, -0.25) is 28.8 Å². The van der Waals surface area contributed by atoms with Crippen LogP contribution in [-0.2, 0) is 28.8 Å². The van der Waals surface area contributed by atoms with E-state index in [2.05, 4.69) is 16.0 Å². The van der Waals surface area contributed by atoms with Gasteiger partial charge in [-0.15, -0.1) is 0 Å². The van der Waals surface area contributed by atoms with Crippen LogP contribution in [0.15, 0.2) is 0 Å². The van der Waals surface area contributed by atoms with E-state index < -0.39 is 16.2 Å². The van der Waals surface area contributed by atoms with Crippen molar-refractivity contribution in [3.05, 3.63) is 0 Å². The van der Waals surface area contributed by atoms with Crippen LogP contribution in [0.3, 0.4) is 0 Å². The number of hydrogen-bond donors (Lipinski definition) is 7. The third kappa shape index (κ3) is 12.7. The predicted molar refractivity (Wildman–Crippen MR) is 197 cm³/mol. The second-order valence-electron chi connectivity index (χ2n) is 15.6. The van der Waals surface area contributed by atoms with Crippen LogP contribution >= 0.6 is 0 Å². The van der Waals surface area contributed by atoms with Gasteiger partial charge in [-0.1, -0.05) is 49.0 Å². The van der Waals surface area contributed by atoms with Gasteiger partial charge in [0.15, 0.2) is 0 Å². The maximum Gasteiger partial charge on any atom is 0.228 e. The molecular weight excluding hydrogens is 656 g/mol. The van der Waals surface area contributed by atoms with E-state index in [-0.39, 0.29) is 60.6 Å². The van der Waals surface area contributed by atoms with Crippen LogP contribution in [0.1, 0.15) is 68.2 Å². The van der Waals surface area contributed by atoms with E-state index in [1.165, 1.54) is 0 Å². The van der Waals surface area contributed by atoms with E-state index in [9.17, 15) is 28.8 Å². The lowest BCUT2D eigenvalue weighted by Gasteiger charge is -2.42. The number of amides is 6. The van der Waals surface area contributed by atoms with Crippen LogP contribution in [0.5, 0.6) is 0 Å². The number of hydrogen-bond acceptors (Lipinski definition) is 10. The molecular formula is C35H68N10O6. The average Bonchev–Trinajstić information content (AvgIpc) is 3.04. The summed E-state index contributed by atoms with van der Waals surface area (Å²) in [5.74, 6) is -0.972. The molecule has 6 amide bonds. The maximum atomic E-state index is 12.8. The number of likely N-dealkylation sites (tertiary alicyclic amines) is 3. The molecule has 0 aliphatic carbocycles. The zero-order chi connectivity index (χ0) is 37.9. The molecule has 3 atom stereocenters. The third-order valence-electron chi connectivity index (χ3n) is 9.67. The van der Waals surface area contributed by atoms with Crippen molar-refractivity contribution in [2.24, 2.45) is 56.9 Å². The first kappa shape index (κ1) is 45.7. The summed E-state index contributed by atoms with van der Waals surface area (Å²) in [7, 11) is 0. The van der Waals surface area contributed by atoms with E-state index in [1.54, 1.807) is 14.7 Å². The van der Waals surface area contributed by atoms with Gasteiger partial charge in [-0.25, -0.2) is 0 Å². The van der Waals surface area contributed by atoms with Gasteiger partial charge in [0, 0.05) is 101 Å². The molecule has 16 nitrogen and oxygen atoms in total. The Balaban J connectivity index is 0.000000582. The quantitative estimate of drug-likeness (QED) is 0.108. The van der Waals surface area contributed by atoms with E-state index in [0.29, 0.717) is 104 Å². The Morgan fingerprint density at radius 3 is 1.08 bits per heavy atom. The van der Waals surface area contributed by atoms with Crippen molar-refractivity contribution in [3.8, 4) is 0 Å². The number of carbonyl (C=O) groups excluding carboxylic acids is 6. The van der Waals surface area contributed by atoms with Gasteiger partial charge in [0.05, 0.1) is 17.8 Å². The Morgan fingerprint density at radius 2 is 0.804 bits per heavy atom. The summed E-state index contributed by atoms with van der Waals surface area (Å²) >= 11 is 0. The number of rotatable bonds is 14. The molecule has 0 saturated carbocycles. The van der Waals surface area contributed by atoms with Gasteiger partial charge in [-0.05, 0) is 19.3 Å². The van der Waals surface area contributed by atoms with Gasteiger partial charge >= 0.3 is 0 Å². The minimum Gasteiger partial charge on any atom is -0.355 e. The first-order valence-corrected chi connectivity index (χ1v) is 17.9. The van der Waals surface area contributed by atoms with Crippen LogP contribution in [0, 0.1) is 34.0 Å². The molecule has 0 aromatic heterocycles.